The van der Waals surface area contributed by atoms with Crippen LogP contribution >= 0.6 is 0 Å². The van der Waals surface area contributed by atoms with Crippen LogP contribution in [0.15, 0.2) is 12.1 Å². The lowest BCUT2D eigenvalue weighted by atomic mass is 9.64. The van der Waals surface area contributed by atoms with Gasteiger partial charge in [0.15, 0.2) is 0 Å². The molecule has 1 aliphatic rings. The largest absolute Gasteiger partial charge is 0.535 e. The van der Waals surface area contributed by atoms with Gasteiger partial charge in [-0.3, -0.25) is 0 Å². The standard InChI is InChI=1S/C14H16BFO5/c1-3-20-14(18)12-11(16)5-4-9-7-10(6-8(2)17)15(19)21-13(9)12/h4-5,10,19H,3,6-7H2,1-2H3/t10-/m0/s1. The van der Waals surface area contributed by atoms with Crippen molar-refractivity contribution in [2.75, 3.05) is 6.61 Å². The van der Waals surface area contributed by atoms with Crippen LogP contribution in [0.5, 0.6) is 5.75 Å². The number of ether oxygens (including phenoxy) is 1. The summed E-state index contributed by atoms with van der Waals surface area (Å²) < 4.78 is 24.0. The maximum atomic E-state index is 13.9. The lowest BCUT2D eigenvalue weighted by molar-refractivity contribution is -0.117. The third-order valence-corrected chi connectivity index (χ3v) is 3.34. The second-order valence-electron chi connectivity index (χ2n) is 5.01. The van der Waals surface area contributed by atoms with E-state index in [1.165, 1.54) is 13.0 Å². The smallest absolute Gasteiger partial charge is 0.526 e. The number of rotatable bonds is 4. The van der Waals surface area contributed by atoms with E-state index in [4.69, 9.17) is 9.39 Å². The summed E-state index contributed by atoms with van der Waals surface area (Å²) in [6, 6.07) is 2.66. The molecule has 1 aliphatic heterocycles. The van der Waals surface area contributed by atoms with Crippen LogP contribution in [0.25, 0.3) is 0 Å². The van der Waals surface area contributed by atoms with E-state index in [1.54, 1.807) is 6.92 Å². The van der Waals surface area contributed by atoms with Crippen molar-refractivity contribution in [3.8, 4) is 5.75 Å². The molecule has 1 aromatic carbocycles. The number of benzene rings is 1. The van der Waals surface area contributed by atoms with Crippen molar-refractivity contribution in [2.24, 2.45) is 0 Å². The Labute approximate surface area is 122 Å². The van der Waals surface area contributed by atoms with E-state index < -0.39 is 24.7 Å². The summed E-state index contributed by atoms with van der Waals surface area (Å²) in [6.07, 6.45) is 0.496. The van der Waals surface area contributed by atoms with Gasteiger partial charge >= 0.3 is 13.1 Å². The highest BCUT2D eigenvalue weighted by Crippen LogP contribution is 2.37. The summed E-state index contributed by atoms with van der Waals surface area (Å²) in [5.41, 5.74) is 0.269. The van der Waals surface area contributed by atoms with Crippen molar-refractivity contribution in [2.45, 2.75) is 32.5 Å². The number of carbonyl (C=O) groups excluding carboxylic acids is 2. The average Bonchev–Trinajstić information content (AvgIpc) is 2.39. The number of fused-ring (bicyclic) bond motifs is 1. The Bertz CT molecular complexity index is 575. The summed E-state index contributed by atoms with van der Waals surface area (Å²) >= 11 is 0. The summed E-state index contributed by atoms with van der Waals surface area (Å²) in [7, 11) is -1.25. The Balaban J connectivity index is 2.37. The summed E-state index contributed by atoms with van der Waals surface area (Å²) in [5.74, 6) is -2.07. The van der Waals surface area contributed by atoms with Crippen molar-refractivity contribution in [1.29, 1.82) is 0 Å². The minimum Gasteiger partial charge on any atom is -0.535 e. The van der Waals surface area contributed by atoms with Gasteiger partial charge in [-0.25, -0.2) is 9.18 Å². The van der Waals surface area contributed by atoms with E-state index in [9.17, 15) is 19.0 Å². The molecule has 7 heteroatoms. The molecular weight excluding hydrogens is 278 g/mol. The van der Waals surface area contributed by atoms with Crippen molar-refractivity contribution in [3.05, 3.63) is 29.1 Å². The van der Waals surface area contributed by atoms with E-state index in [1.807, 2.05) is 0 Å². The minimum atomic E-state index is -1.25. The van der Waals surface area contributed by atoms with Gasteiger partial charge in [0.05, 0.1) is 6.61 Å². The van der Waals surface area contributed by atoms with Crippen LogP contribution in [0, 0.1) is 5.82 Å². The van der Waals surface area contributed by atoms with E-state index in [0.717, 1.165) is 6.07 Å². The second-order valence-corrected chi connectivity index (χ2v) is 5.01. The molecule has 0 fully saturated rings. The molecule has 0 amide bonds. The van der Waals surface area contributed by atoms with E-state index >= 15 is 0 Å². The fourth-order valence-corrected chi connectivity index (χ4v) is 2.43. The van der Waals surface area contributed by atoms with Gasteiger partial charge in [-0.05, 0) is 31.9 Å². The molecular formula is C14H16BFO5. The van der Waals surface area contributed by atoms with Crippen LogP contribution in [-0.2, 0) is 16.0 Å². The van der Waals surface area contributed by atoms with Crippen LogP contribution in [0.1, 0.15) is 36.2 Å². The lowest BCUT2D eigenvalue weighted by Crippen LogP contribution is -2.36. The summed E-state index contributed by atoms with van der Waals surface area (Å²) in [4.78, 5) is 23.0. The van der Waals surface area contributed by atoms with Crippen LogP contribution in [0.4, 0.5) is 4.39 Å². The zero-order valence-corrected chi connectivity index (χ0v) is 11.9. The van der Waals surface area contributed by atoms with Crippen molar-refractivity contribution < 1.29 is 28.4 Å². The molecule has 0 radical (unpaired) electrons. The molecule has 0 spiro atoms. The fourth-order valence-electron chi connectivity index (χ4n) is 2.43. The molecule has 2 rings (SSSR count). The molecule has 1 heterocycles. The van der Waals surface area contributed by atoms with Crippen LogP contribution < -0.4 is 4.65 Å². The quantitative estimate of drug-likeness (QED) is 0.676. The first-order chi connectivity index (χ1) is 9.93. The van der Waals surface area contributed by atoms with Crippen molar-refractivity contribution >= 4 is 18.9 Å². The molecule has 0 saturated carbocycles. The maximum Gasteiger partial charge on any atom is 0.526 e. The van der Waals surface area contributed by atoms with Gasteiger partial charge in [-0.15, -0.1) is 0 Å². The highest BCUT2D eigenvalue weighted by atomic mass is 19.1. The Morgan fingerprint density at radius 2 is 2.24 bits per heavy atom. The molecule has 0 bridgehead atoms. The van der Waals surface area contributed by atoms with Crippen LogP contribution in [0.2, 0.25) is 5.82 Å². The minimum absolute atomic E-state index is 0.000696. The highest BCUT2D eigenvalue weighted by molar-refractivity contribution is 6.46. The number of halogens is 1. The maximum absolute atomic E-state index is 13.9. The molecule has 1 N–H and O–H groups in total. The number of carbonyl (C=O) groups is 2. The predicted octanol–water partition coefficient (Wildman–Crippen LogP) is 1.77. The molecule has 1 atom stereocenters. The third-order valence-electron chi connectivity index (χ3n) is 3.34. The van der Waals surface area contributed by atoms with E-state index in [2.05, 4.69) is 0 Å². The molecule has 5 nitrogen and oxygen atoms in total. The lowest BCUT2D eigenvalue weighted by Gasteiger charge is -2.28. The van der Waals surface area contributed by atoms with Gasteiger partial charge in [-0.1, -0.05) is 6.07 Å². The summed E-state index contributed by atoms with van der Waals surface area (Å²) in [6.45, 7) is 3.15. The van der Waals surface area contributed by atoms with Gasteiger partial charge in [-0.2, -0.15) is 0 Å². The fraction of sp³-hybridized carbons (Fsp3) is 0.429. The first-order valence-electron chi connectivity index (χ1n) is 6.76. The first kappa shape index (κ1) is 15.5. The number of ketones is 1. The van der Waals surface area contributed by atoms with Gasteiger partial charge in [0, 0.05) is 12.2 Å². The predicted molar refractivity (Wildman–Crippen MR) is 73.7 cm³/mol. The zero-order chi connectivity index (χ0) is 15.6. The highest BCUT2D eigenvalue weighted by Gasteiger charge is 2.38. The number of hydrogen-bond donors (Lipinski definition) is 1. The van der Waals surface area contributed by atoms with Crippen molar-refractivity contribution in [3.63, 3.8) is 0 Å². The van der Waals surface area contributed by atoms with Crippen LogP contribution in [-0.4, -0.2) is 30.5 Å². The Morgan fingerprint density at radius 3 is 2.86 bits per heavy atom. The Kier molecular flexibility index (Phi) is 4.62. The molecule has 0 aliphatic carbocycles. The molecule has 21 heavy (non-hydrogen) atoms. The van der Waals surface area contributed by atoms with E-state index in [0.29, 0.717) is 12.0 Å². The number of Topliss-reactive ketones (excluding diaryl/α,β-unsaturated/α-hetero) is 1. The van der Waals surface area contributed by atoms with Gasteiger partial charge in [0.1, 0.15) is 22.9 Å². The molecule has 1 aromatic rings. The van der Waals surface area contributed by atoms with E-state index in [-0.39, 0.29) is 30.1 Å². The zero-order valence-electron chi connectivity index (χ0n) is 11.9. The topological polar surface area (TPSA) is 72.8 Å². The van der Waals surface area contributed by atoms with Crippen LogP contribution in [0.3, 0.4) is 0 Å². The molecule has 112 valence electrons. The molecule has 0 unspecified atom stereocenters. The summed E-state index contributed by atoms with van der Waals surface area (Å²) in [5, 5.41) is 9.94. The van der Waals surface area contributed by atoms with Gasteiger partial charge in [0.25, 0.3) is 0 Å². The average molecular weight is 294 g/mol. The third kappa shape index (κ3) is 3.24. The Morgan fingerprint density at radius 1 is 1.52 bits per heavy atom. The molecule has 0 saturated heterocycles. The van der Waals surface area contributed by atoms with Gasteiger partial charge in [0.2, 0.25) is 0 Å². The second kappa shape index (κ2) is 6.26. The SMILES string of the molecule is CCOC(=O)c1c(F)ccc2c1OB(O)[C@@H](CC(C)=O)C2. The Hall–Kier alpha value is -1.89. The number of hydrogen-bond acceptors (Lipinski definition) is 5. The molecule has 0 aromatic heterocycles. The monoisotopic (exact) mass is 294 g/mol. The number of esters is 1. The first-order valence-corrected chi connectivity index (χ1v) is 6.76. The van der Waals surface area contributed by atoms with Gasteiger partial charge < -0.3 is 19.2 Å². The normalized spacial score (nSPS) is 17.0. The van der Waals surface area contributed by atoms with Crippen molar-refractivity contribution in [1.82, 2.24) is 0 Å².